The number of aromatic nitrogens is 1. The number of hydrogen-bond donors (Lipinski definition) is 0. The van der Waals surface area contributed by atoms with Crippen molar-refractivity contribution >= 4 is 11.3 Å². The average molecular weight is 234 g/mol. The highest BCUT2D eigenvalue weighted by atomic mass is 32.1. The Kier molecular flexibility index (Phi) is 2.58. The molecule has 0 fully saturated rings. The predicted octanol–water partition coefficient (Wildman–Crippen LogP) is 3.56. The van der Waals surface area contributed by atoms with Crippen molar-refractivity contribution < 1.29 is 0 Å². The number of hydrogen-bond acceptors (Lipinski definition) is 3. The first kappa shape index (κ1) is 11.6. The molecule has 0 unspecified atom stereocenters. The van der Waals surface area contributed by atoms with Crippen LogP contribution < -0.4 is 0 Å². The Morgan fingerprint density at radius 3 is 2.69 bits per heavy atom. The van der Waals surface area contributed by atoms with Gasteiger partial charge in [0, 0.05) is 10.3 Å². The largest absolute Gasteiger partial charge is 0.244 e. The van der Waals surface area contributed by atoms with Crippen LogP contribution in [0.15, 0.2) is 0 Å². The lowest BCUT2D eigenvalue weighted by Gasteiger charge is -2.28. The molecule has 16 heavy (non-hydrogen) atoms. The van der Waals surface area contributed by atoms with Gasteiger partial charge in [-0.1, -0.05) is 13.8 Å². The van der Waals surface area contributed by atoms with E-state index in [1.54, 1.807) is 11.3 Å². The summed E-state index contributed by atoms with van der Waals surface area (Å²) < 4.78 is 0. The Morgan fingerprint density at radius 2 is 2.12 bits per heavy atom. The third kappa shape index (κ3) is 1.76. The van der Waals surface area contributed by atoms with Crippen LogP contribution in [0.2, 0.25) is 0 Å². The molecule has 1 aromatic heterocycles. The van der Waals surface area contributed by atoms with E-state index >= 15 is 0 Å². The van der Waals surface area contributed by atoms with Crippen molar-refractivity contribution in [1.29, 1.82) is 5.26 Å². The Morgan fingerprint density at radius 1 is 1.44 bits per heavy atom. The molecule has 1 heterocycles. The summed E-state index contributed by atoms with van der Waals surface area (Å²) in [5.41, 5.74) is 0.980. The van der Waals surface area contributed by atoms with Gasteiger partial charge < -0.3 is 0 Å². The van der Waals surface area contributed by atoms with Gasteiger partial charge in [0.2, 0.25) is 0 Å². The van der Waals surface area contributed by atoms with E-state index in [4.69, 9.17) is 10.2 Å². The van der Waals surface area contributed by atoms with Crippen LogP contribution in [-0.4, -0.2) is 4.98 Å². The summed E-state index contributed by atoms with van der Waals surface area (Å²) in [6.07, 6.45) is 3.59. The van der Waals surface area contributed by atoms with Crippen molar-refractivity contribution in [3.05, 3.63) is 15.6 Å². The summed E-state index contributed by atoms with van der Waals surface area (Å²) in [6.45, 7) is 8.41. The molecule has 0 N–H and O–H groups in total. The molecule has 0 radical (unpaired) electrons. The van der Waals surface area contributed by atoms with Gasteiger partial charge in [0.15, 0.2) is 0 Å². The Balaban J connectivity index is 2.49. The average Bonchev–Trinajstić information content (AvgIpc) is 2.63. The molecule has 0 atom stereocenters. The highest BCUT2D eigenvalue weighted by Crippen LogP contribution is 2.41. The second-order valence-corrected chi connectivity index (χ2v) is 6.85. The zero-order chi connectivity index (χ0) is 12.0. The first-order valence-electron chi connectivity index (χ1n) is 5.79. The molecule has 1 aliphatic rings. The van der Waals surface area contributed by atoms with Gasteiger partial charge >= 0.3 is 0 Å². The van der Waals surface area contributed by atoms with E-state index in [2.05, 4.69) is 19.9 Å². The maximum absolute atomic E-state index is 9.16. The van der Waals surface area contributed by atoms with Gasteiger partial charge in [-0.25, -0.2) is 4.98 Å². The zero-order valence-corrected chi connectivity index (χ0v) is 11.2. The first-order valence-corrected chi connectivity index (χ1v) is 6.60. The number of nitrogens with zero attached hydrogens (tertiary/aromatic N) is 2. The maximum atomic E-state index is 9.16. The minimum Gasteiger partial charge on any atom is -0.244 e. The third-order valence-electron chi connectivity index (χ3n) is 3.36. The highest BCUT2D eigenvalue weighted by Gasteiger charge is 2.34. The standard InChI is InChI=1S/C13H18N2S/c1-12(2)7-5-6-9-10(12)15-11(16-9)13(3,4)8-14/h5-7H2,1-4H3. The molecule has 2 rings (SSSR count). The van der Waals surface area contributed by atoms with Crippen LogP contribution >= 0.6 is 11.3 Å². The molecule has 86 valence electrons. The van der Waals surface area contributed by atoms with Crippen LogP contribution in [0.3, 0.4) is 0 Å². The lowest BCUT2D eigenvalue weighted by molar-refractivity contribution is 0.422. The zero-order valence-electron chi connectivity index (χ0n) is 10.4. The lowest BCUT2D eigenvalue weighted by atomic mass is 9.79. The topological polar surface area (TPSA) is 36.7 Å². The summed E-state index contributed by atoms with van der Waals surface area (Å²) in [7, 11) is 0. The molecular weight excluding hydrogens is 216 g/mol. The minimum absolute atomic E-state index is 0.188. The summed E-state index contributed by atoms with van der Waals surface area (Å²) >= 11 is 1.74. The molecule has 0 aromatic carbocycles. The van der Waals surface area contributed by atoms with Crippen LogP contribution in [-0.2, 0) is 17.3 Å². The van der Waals surface area contributed by atoms with Gasteiger partial charge in [0.25, 0.3) is 0 Å². The first-order chi connectivity index (χ1) is 7.37. The number of fused-ring (bicyclic) bond motifs is 1. The summed E-state index contributed by atoms with van der Waals surface area (Å²) in [5, 5.41) is 10.1. The molecule has 0 saturated carbocycles. The van der Waals surface area contributed by atoms with Crippen molar-refractivity contribution in [3.8, 4) is 6.07 Å². The van der Waals surface area contributed by atoms with Crippen LogP contribution in [0.5, 0.6) is 0 Å². The van der Waals surface area contributed by atoms with Crippen LogP contribution in [0.25, 0.3) is 0 Å². The summed E-state index contributed by atoms with van der Waals surface area (Å²) in [5.74, 6) is 0. The van der Waals surface area contributed by atoms with E-state index in [0.717, 1.165) is 11.4 Å². The Bertz CT molecular complexity index is 449. The predicted molar refractivity (Wildman–Crippen MR) is 66.7 cm³/mol. The molecule has 1 aliphatic carbocycles. The van der Waals surface area contributed by atoms with Gasteiger partial charge in [-0.2, -0.15) is 5.26 Å². The molecule has 2 nitrogen and oxygen atoms in total. The SMILES string of the molecule is CC(C)(C#N)c1nc2c(s1)CCCC2(C)C. The van der Waals surface area contributed by atoms with Crippen molar-refractivity contribution in [3.63, 3.8) is 0 Å². The number of thiazole rings is 1. The van der Waals surface area contributed by atoms with E-state index in [0.29, 0.717) is 0 Å². The summed E-state index contributed by atoms with van der Waals surface area (Å²) in [6, 6.07) is 2.34. The third-order valence-corrected chi connectivity index (χ3v) is 4.80. The van der Waals surface area contributed by atoms with E-state index in [-0.39, 0.29) is 5.41 Å². The van der Waals surface area contributed by atoms with Gasteiger partial charge in [-0.15, -0.1) is 11.3 Å². The Hall–Kier alpha value is -0.880. The van der Waals surface area contributed by atoms with Gasteiger partial charge in [-0.3, -0.25) is 0 Å². The maximum Gasteiger partial charge on any atom is 0.113 e. The van der Waals surface area contributed by atoms with E-state index in [1.165, 1.54) is 23.4 Å². The number of nitriles is 1. The van der Waals surface area contributed by atoms with Gasteiger partial charge in [0.05, 0.1) is 11.8 Å². The second kappa shape index (κ2) is 3.56. The van der Waals surface area contributed by atoms with Crippen molar-refractivity contribution in [2.24, 2.45) is 0 Å². The smallest absolute Gasteiger partial charge is 0.113 e. The van der Waals surface area contributed by atoms with E-state index in [9.17, 15) is 0 Å². The molecule has 1 aromatic rings. The van der Waals surface area contributed by atoms with Crippen LogP contribution in [0.4, 0.5) is 0 Å². The highest BCUT2D eigenvalue weighted by molar-refractivity contribution is 7.12. The van der Waals surface area contributed by atoms with Crippen molar-refractivity contribution in [1.82, 2.24) is 4.98 Å². The molecule has 0 bridgehead atoms. The van der Waals surface area contributed by atoms with Crippen molar-refractivity contribution in [2.45, 2.75) is 57.8 Å². The Labute approximate surface area is 101 Å². The molecule has 0 aliphatic heterocycles. The molecule has 0 spiro atoms. The second-order valence-electron chi connectivity index (χ2n) is 5.77. The number of aryl methyl sites for hydroxylation is 1. The fraction of sp³-hybridized carbons (Fsp3) is 0.692. The van der Waals surface area contributed by atoms with Crippen LogP contribution in [0, 0.1) is 11.3 Å². The van der Waals surface area contributed by atoms with Crippen LogP contribution in [0.1, 0.15) is 56.1 Å². The lowest BCUT2D eigenvalue weighted by Crippen LogP contribution is -2.23. The summed E-state index contributed by atoms with van der Waals surface area (Å²) in [4.78, 5) is 6.14. The monoisotopic (exact) mass is 234 g/mol. The van der Waals surface area contributed by atoms with E-state index in [1.807, 2.05) is 13.8 Å². The van der Waals surface area contributed by atoms with Crippen molar-refractivity contribution in [2.75, 3.05) is 0 Å². The number of rotatable bonds is 1. The molecule has 0 saturated heterocycles. The molecule has 0 amide bonds. The fourth-order valence-electron chi connectivity index (χ4n) is 2.17. The quantitative estimate of drug-likeness (QED) is 0.745. The van der Waals surface area contributed by atoms with Gasteiger partial charge in [-0.05, 0) is 33.1 Å². The molecular formula is C13H18N2S. The normalized spacial score (nSPS) is 18.9. The molecule has 3 heteroatoms. The fourth-order valence-corrected chi connectivity index (χ4v) is 3.51. The minimum atomic E-state index is -0.446. The van der Waals surface area contributed by atoms with Gasteiger partial charge in [0.1, 0.15) is 10.4 Å². The van der Waals surface area contributed by atoms with E-state index < -0.39 is 5.41 Å².